The summed E-state index contributed by atoms with van der Waals surface area (Å²) in [6, 6.07) is 20.7. The Labute approximate surface area is 210 Å². The van der Waals surface area contributed by atoms with E-state index in [9.17, 15) is 4.79 Å². The van der Waals surface area contributed by atoms with Gasteiger partial charge in [-0.15, -0.1) is 24.0 Å². The smallest absolute Gasteiger partial charge is 0.250 e. The molecule has 1 atom stereocenters. The van der Waals surface area contributed by atoms with E-state index in [2.05, 4.69) is 27.8 Å². The molecule has 1 heterocycles. The molecule has 0 aliphatic rings. The summed E-state index contributed by atoms with van der Waals surface area (Å²) in [6.45, 7) is 3.79. The zero-order valence-electron chi connectivity index (χ0n) is 18.1. The Balaban J connectivity index is 0.00000363. The maximum absolute atomic E-state index is 11.8. The van der Waals surface area contributed by atoms with E-state index in [0.717, 1.165) is 16.9 Å². The fourth-order valence-electron chi connectivity index (χ4n) is 2.98. The van der Waals surface area contributed by atoms with Crippen LogP contribution in [0.2, 0.25) is 5.02 Å². The number of halogens is 2. The molecule has 0 fully saturated rings. The maximum Gasteiger partial charge on any atom is 0.250 e. The average molecular weight is 567 g/mol. The fraction of sp³-hybridized carbons (Fsp3) is 0.250. The molecule has 8 heteroatoms. The third-order valence-corrected chi connectivity index (χ3v) is 4.92. The lowest BCUT2D eigenvalue weighted by Crippen LogP contribution is -2.41. The second-order valence-corrected chi connectivity index (χ2v) is 7.61. The van der Waals surface area contributed by atoms with Crippen molar-refractivity contribution in [2.24, 2.45) is 4.99 Å². The number of ether oxygens (including phenoxy) is 1. The van der Waals surface area contributed by atoms with Crippen molar-refractivity contribution in [1.29, 1.82) is 0 Å². The van der Waals surface area contributed by atoms with Crippen molar-refractivity contribution in [2.75, 3.05) is 13.6 Å². The predicted molar refractivity (Wildman–Crippen MR) is 141 cm³/mol. The number of nitrogens with zero attached hydrogens (tertiary/aromatic N) is 2. The van der Waals surface area contributed by atoms with Crippen molar-refractivity contribution in [1.82, 2.24) is 15.2 Å². The number of rotatable bonds is 8. The first kappa shape index (κ1) is 25.7. The number of benzene rings is 2. The van der Waals surface area contributed by atoms with Crippen LogP contribution in [0.15, 0.2) is 82.7 Å². The quantitative estimate of drug-likeness (QED) is 0.242. The van der Waals surface area contributed by atoms with Gasteiger partial charge < -0.3 is 19.9 Å². The zero-order chi connectivity index (χ0) is 22.1. The summed E-state index contributed by atoms with van der Waals surface area (Å²) in [5, 5.41) is 7.26. The van der Waals surface area contributed by atoms with Gasteiger partial charge in [0, 0.05) is 30.9 Å². The molecule has 3 rings (SSSR count). The lowest BCUT2D eigenvalue weighted by atomic mass is 10.1. The molecular weight excluding hydrogens is 539 g/mol. The van der Waals surface area contributed by atoms with Gasteiger partial charge in [0.25, 0.3) is 5.56 Å². The van der Waals surface area contributed by atoms with E-state index in [1.54, 1.807) is 42.1 Å². The SMILES string of the molecule is CN=C(NCc1ccc(Cn2ccccc2=O)cc1)NCC(C)Oc1ccc(Cl)cc1.I. The Bertz CT molecular complexity index is 1050. The molecule has 2 aromatic carbocycles. The van der Waals surface area contributed by atoms with Crippen LogP contribution >= 0.6 is 35.6 Å². The van der Waals surface area contributed by atoms with Gasteiger partial charge in [-0.3, -0.25) is 9.79 Å². The lowest BCUT2D eigenvalue weighted by molar-refractivity contribution is 0.224. The molecule has 2 N–H and O–H groups in total. The molecular formula is C24H28ClIN4O2. The number of hydrogen-bond acceptors (Lipinski definition) is 3. The minimum absolute atomic E-state index is 0. The van der Waals surface area contributed by atoms with E-state index < -0.39 is 0 Å². The van der Waals surface area contributed by atoms with E-state index in [-0.39, 0.29) is 35.6 Å². The summed E-state index contributed by atoms with van der Waals surface area (Å²) in [5.41, 5.74) is 2.20. The van der Waals surface area contributed by atoms with Gasteiger partial charge in [-0.1, -0.05) is 41.9 Å². The van der Waals surface area contributed by atoms with E-state index in [0.29, 0.717) is 30.6 Å². The van der Waals surface area contributed by atoms with Crippen LogP contribution in [0, 0.1) is 0 Å². The van der Waals surface area contributed by atoms with Gasteiger partial charge in [-0.05, 0) is 48.4 Å². The van der Waals surface area contributed by atoms with Gasteiger partial charge in [-0.2, -0.15) is 0 Å². The van der Waals surface area contributed by atoms with Crippen molar-refractivity contribution >= 4 is 41.5 Å². The summed E-state index contributed by atoms with van der Waals surface area (Å²) in [5.74, 6) is 1.48. The Hall–Kier alpha value is -2.52. The highest BCUT2D eigenvalue weighted by Gasteiger charge is 2.06. The van der Waals surface area contributed by atoms with E-state index in [4.69, 9.17) is 16.3 Å². The normalized spacial score (nSPS) is 11.9. The molecule has 3 aromatic rings. The van der Waals surface area contributed by atoms with Crippen LogP contribution in [0.3, 0.4) is 0 Å². The number of aliphatic imine (C=N–C) groups is 1. The number of nitrogens with one attached hydrogen (secondary N) is 2. The van der Waals surface area contributed by atoms with E-state index in [1.165, 1.54) is 0 Å². The second-order valence-electron chi connectivity index (χ2n) is 7.17. The first-order valence-electron chi connectivity index (χ1n) is 10.1. The van der Waals surface area contributed by atoms with Gasteiger partial charge in [-0.25, -0.2) is 0 Å². The van der Waals surface area contributed by atoms with Crippen LogP contribution in [-0.4, -0.2) is 30.2 Å². The summed E-state index contributed by atoms with van der Waals surface area (Å²) >= 11 is 5.90. The molecule has 0 amide bonds. The molecule has 6 nitrogen and oxygen atoms in total. The Morgan fingerprint density at radius 2 is 1.72 bits per heavy atom. The van der Waals surface area contributed by atoms with Crippen molar-refractivity contribution in [3.05, 3.63) is 99.4 Å². The van der Waals surface area contributed by atoms with E-state index >= 15 is 0 Å². The molecule has 0 spiro atoms. The number of guanidine groups is 1. The highest BCUT2D eigenvalue weighted by Crippen LogP contribution is 2.16. The number of hydrogen-bond donors (Lipinski definition) is 2. The van der Waals surface area contributed by atoms with Crippen molar-refractivity contribution < 1.29 is 4.74 Å². The van der Waals surface area contributed by atoms with Crippen LogP contribution in [0.1, 0.15) is 18.1 Å². The average Bonchev–Trinajstić information content (AvgIpc) is 2.78. The Morgan fingerprint density at radius 1 is 1.03 bits per heavy atom. The molecule has 0 aliphatic heterocycles. The highest BCUT2D eigenvalue weighted by atomic mass is 127. The van der Waals surface area contributed by atoms with Crippen LogP contribution in [0.4, 0.5) is 0 Å². The summed E-state index contributed by atoms with van der Waals surface area (Å²) in [6.07, 6.45) is 1.76. The number of pyridine rings is 1. The van der Waals surface area contributed by atoms with Crippen molar-refractivity contribution in [3.8, 4) is 5.75 Å². The van der Waals surface area contributed by atoms with E-state index in [1.807, 2.05) is 37.3 Å². The van der Waals surface area contributed by atoms with Gasteiger partial charge >= 0.3 is 0 Å². The molecule has 0 radical (unpaired) electrons. The van der Waals surface area contributed by atoms with Gasteiger partial charge in [0.2, 0.25) is 0 Å². The summed E-state index contributed by atoms with van der Waals surface area (Å²) in [7, 11) is 1.74. The van der Waals surface area contributed by atoms with Crippen molar-refractivity contribution in [2.45, 2.75) is 26.1 Å². The minimum Gasteiger partial charge on any atom is -0.489 e. The molecule has 0 aliphatic carbocycles. The van der Waals surface area contributed by atoms with Crippen LogP contribution < -0.4 is 20.9 Å². The maximum atomic E-state index is 11.8. The van der Waals surface area contributed by atoms with Crippen molar-refractivity contribution in [3.63, 3.8) is 0 Å². The largest absolute Gasteiger partial charge is 0.489 e. The van der Waals surface area contributed by atoms with Crippen LogP contribution in [0.25, 0.3) is 0 Å². The first-order valence-corrected chi connectivity index (χ1v) is 10.5. The first-order chi connectivity index (χ1) is 15.0. The topological polar surface area (TPSA) is 67.7 Å². The molecule has 1 aromatic heterocycles. The third-order valence-electron chi connectivity index (χ3n) is 4.67. The highest BCUT2D eigenvalue weighted by molar-refractivity contribution is 14.0. The number of aromatic nitrogens is 1. The zero-order valence-corrected chi connectivity index (χ0v) is 21.2. The molecule has 0 saturated heterocycles. The van der Waals surface area contributed by atoms with Crippen LogP contribution in [0.5, 0.6) is 5.75 Å². The van der Waals surface area contributed by atoms with Gasteiger partial charge in [0.05, 0.1) is 13.1 Å². The summed E-state index contributed by atoms with van der Waals surface area (Å²) in [4.78, 5) is 16.1. The third kappa shape index (κ3) is 8.20. The lowest BCUT2D eigenvalue weighted by Gasteiger charge is -2.18. The molecule has 0 bridgehead atoms. The second kappa shape index (κ2) is 13.1. The molecule has 1 unspecified atom stereocenters. The van der Waals surface area contributed by atoms with Gasteiger partial charge in [0.15, 0.2) is 5.96 Å². The summed E-state index contributed by atoms with van der Waals surface area (Å²) < 4.78 is 7.56. The minimum atomic E-state index is -0.0413. The molecule has 0 saturated carbocycles. The standard InChI is InChI=1S/C24H27ClN4O2.HI/c1-18(31-22-12-10-21(25)11-13-22)15-27-24(26-2)28-16-19-6-8-20(9-7-19)17-29-14-4-3-5-23(29)30;/h3-14,18H,15-17H2,1-2H3,(H2,26,27,28);1H. The molecule has 32 heavy (non-hydrogen) atoms. The Kier molecular flexibility index (Phi) is 10.6. The predicted octanol–water partition coefficient (Wildman–Crippen LogP) is 4.30. The van der Waals surface area contributed by atoms with Crippen LogP contribution in [-0.2, 0) is 13.1 Å². The monoisotopic (exact) mass is 566 g/mol. The van der Waals surface area contributed by atoms with Gasteiger partial charge in [0.1, 0.15) is 11.9 Å². The molecule has 170 valence electrons. The Morgan fingerprint density at radius 3 is 2.38 bits per heavy atom. The fourth-order valence-corrected chi connectivity index (χ4v) is 3.11.